The molecule has 0 amide bonds. The summed E-state index contributed by atoms with van der Waals surface area (Å²) in [6.07, 6.45) is 10.7. The molecule has 0 radical (unpaired) electrons. The molecule has 1 atom stereocenters. The Labute approximate surface area is 177 Å². The molecule has 29 heavy (non-hydrogen) atoms. The van der Waals surface area contributed by atoms with Crippen molar-refractivity contribution < 1.29 is 28.2 Å². The van der Waals surface area contributed by atoms with E-state index in [2.05, 4.69) is 39.8 Å². The molecule has 1 unspecified atom stereocenters. The van der Waals surface area contributed by atoms with Gasteiger partial charge in [-0.3, -0.25) is 9.13 Å². The SMILES string of the molecule is CCC(=CCOCP(=O)(CP(=O)(O)O)OC(C)C)CCC=C(C)CCC=C(C)C. The smallest absolute Gasteiger partial charge is 0.335 e. The Kier molecular flexibility index (Phi) is 14.3. The van der Waals surface area contributed by atoms with Crippen LogP contribution in [0.2, 0.25) is 0 Å². The molecule has 8 heteroatoms. The lowest BCUT2D eigenvalue weighted by molar-refractivity contribution is 0.174. The Bertz CT molecular complexity index is 654. The van der Waals surface area contributed by atoms with Crippen LogP contribution in [0.25, 0.3) is 0 Å². The maximum atomic E-state index is 12.7. The molecule has 0 heterocycles. The summed E-state index contributed by atoms with van der Waals surface area (Å²) in [5.41, 5.74) is 3.98. The number of hydrogen-bond donors (Lipinski definition) is 2. The third kappa shape index (κ3) is 16.9. The average molecular weight is 450 g/mol. The highest BCUT2D eigenvalue weighted by molar-refractivity contribution is 7.73. The van der Waals surface area contributed by atoms with Gasteiger partial charge in [0.15, 0.2) is 0 Å². The van der Waals surface area contributed by atoms with E-state index in [1.54, 1.807) is 13.8 Å². The molecule has 0 aliphatic rings. The molecule has 0 rings (SSSR count). The summed E-state index contributed by atoms with van der Waals surface area (Å²) < 4.78 is 34.7. The summed E-state index contributed by atoms with van der Waals surface area (Å²) in [5.74, 6) is -0.792. The van der Waals surface area contributed by atoms with Crippen LogP contribution in [-0.4, -0.2) is 34.7 Å². The molecule has 0 aliphatic carbocycles. The number of hydrogen-bond acceptors (Lipinski definition) is 4. The van der Waals surface area contributed by atoms with Crippen molar-refractivity contribution >= 4 is 15.0 Å². The predicted octanol–water partition coefficient (Wildman–Crippen LogP) is 6.61. The highest BCUT2D eigenvalue weighted by Gasteiger charge is 2.33. The third-order valence-corrected chi connectivity index (χ3v) is 8.66. The van der Waals surface area contributed by atoms with Gasteiger partial charge in [-0.2, -0.15) is 0 Å². The quantitative estimate of drug-likeness (QED) is 0.166. The molecular formula is C21H40O6P2. The van der Waals surface area contributed by atoms with Crippen LogP contribution in [0.1, 0.15) is 73.6 Å². The van der Waals surface area contributed by atoms with Crippen LogP contribution in [0.15, 0.2) is 34.9 Å². The summed E-state index contributed by atoms with van der Waals surface area (Å²) in [6, 6.07) is 0. The molecule has 0 saturated heterocycles. The molecule has 0 aliphatic heterocycles. The van der Waals surface area contributed by atoms with Gasteiger partial charge >= 0.3 is 7.60 Å². The number of rotatable bonds is 15. The maximum Gasteiger partial charge on any atom is 0.335 e. The van der Waals surface area contributed by atoms with Gasteiger partial charge in [-0.1, -0.05) is 41.9 Å². The first-order chi connectivity index (χ1) is 13.4. The molecule has 170 valence electrons. The Morgan fingerprint density at radius 3 is 2.14 bits per heavy atom. The standard InChI is InChI=1S/C21H40O6P2/c1-7-21(13-9-12-20(6)11-8-10-18(2)3)14-15-26-16-28(22,27-19(4)5)17-29(23,24)25/h10,12,14,19H,7-9,11,13,15-17H2,1-6H3,(H2,23,24,25). The summed E-state index contributed by atoms with van der Waals surface area (Å²) in [7, 11) is -8.00. The van der Waals surface area contributed by atoms with Gasteiger partial charge in [0, 0.05) is 0 Å². The van der Waals surface area contributed by atoms with Crippen molar-refractivity contribution in [2.24, 2.45) is 0 Å². The Hall–Kier alpha value is -0.480. The molecule has 2 N–H and O–H groups in total. The molecule has 0 bridgehead atoms. The van der Waals surface area contributed by atoms with E-state index in [1.165, 1.54) is 16.7 Å². The van der Waals surface area contributed by atoms with Gasteiger partial charge in [0.1, 0.15) is 12.3 Å². The molecule has 6 nitrogen and oxygen atoms in total. The number of ether oxygens (including phenoxy) is 1. The number of allylic oxidation sites excluding steroid dienone is 5. The van der Waals surface area contributed by atoms with E-state index < -0.39 is 27.0 Å². The van der Waals surface area contributed by atoms with Crippen molar-refractivity contribution in [1.82, 2.24) is 0 Å². The molecule has 0 fully saturated rings. The first kappa shape index (κ1) is 28.5. The Morgan fingerprint density at radius 1 is 1.00 bits per heavy atom. The van der Waals surface area contributed by atoms with Gasteiger partial charge < -0.3 is 19.0 Å². The first-order valence-electron chi connectivity index (χ1n) is 10.2. The van der Waals surface area contributed by atoms with E-state index in [4.69, 9.17) is 19.0 Å². The second-order valence-corrected chi connectivity index (χ2v) is 12.5. The van der Waals surface area contributed by atoms with E-state index in [0.29, 0.717) is 0 Å². The average Bonchev–Trinajstić information content (AvgIpc) is 2.54. The van der Waals surface area contributed by atoms with Crippen LogP contribution >= 0.6 is 15.0 Å². The van der Waals surface area contributed by atoms with E-state index >= 15 is 0 Å². The van der Waals surface area contributed by atoms with Crippen LogP contribution in [0.4, 0.5) is 0 Å². The minimum atomic E-state index is -4.45. The zero-order valence-electron chi connectivity index (χ0n) is 18.9. The molecule has 0 aromatic rings. The van der Waals surface area contributed by atoms with E-state index in [-0.39, 0.29) is 13.0 Å². The lowest BCUT2D eigenvalue weighted by Gasteiger charge is -2.21. The second-order valence-electron chi connectivity index (χ2n) is 7.90. The fourth-order valence-corrected chi connectivity index (χ4v) is 6.81. The predicted molar refractivity (Wildman–Crippen MR) is 122 cm³/mol. The van der Waals surface area contributed by atoms with Gasteiger partial charge in [-0.15, -0.1) is 0 Å². The highest BCUT2D eigenvalue weighted by Crippen LogP contribution is 2.58. The minimum absolute atomic E-state index is 0.249. The van der Waals surface area contributed by atoms with Crippen molar-refractivity contribution in [3.05, 3.63) is 34.9 Å². The first-order valence-corrected chi connectivity index (χ1v) is 14.0. The molecular weight excluding hydrogens is 410 g/mol. The summed E-state index contributed by atoms with van der Waals surface area (Å²) in [5, 5.41) is 0. The molecule has 0 aromatic carbocycles. The van der Waals surface area contributed by atoms with Gasteiger partial charge in [-0.05, 0) is 66.7 Å². The maximum absolute atomic E-state index is 12.7. The van der Waals surface area contributed by atoms with Gasteiger partial charge in [-0.25, -0.2) is 0 Å². The lowest BCUT2D eigenvalue weighted by Crippen LogP contribution is -2.09. The van der Waals surface area contributed by atoms with Crippen molar-refractivity contribution in [3.63, 3.8) is 0 Å². The van der Waals surface area contributed by atoms with Crippen molar-refractivity contribution in [1.29, 1.82) is 0 Å². The molecule has 0 saturated carbocycles. The Balaban J connectivity index is 4.56. The van der Waals surface area contributed by atoms with Gasteiger partial charge in [0.25, 0.3) is 0 Å². The zero-order chi connectivity index (χ0) is 22.5. The van der Waals surface area contributed by atoms with Crippen molar-refractivity contribution in [3.8, 4) is 0 Å². The van der Waals surface area contributed by atoms with E-state index in [0.717, 1.165) is 32.1 Å². The summed E-state index contributed by atoms with van der Waals surface area (Å²) >= 11 is 0. The van der Waals surface area contributed by atoms with Crippen molar-refractivity contribution in [2.75, 3.05) is 18.9 Å². The van der Waals surface area contributed by atoms with Crippen LogP contribution in [0.5, 0.6) is 0 Å². The highest BCUT2D eigenvalue weighted by atomic mass is 31.2. The van der Waals surface area contributed by atoms with Crippen LogP contribution in [0.3, 0.4) is 0 Å². The topological polar surface area (TPSA) is 93.1 Å². The lowest BCUT2D eigenvalue weighted by atomic mass is 10.0. The van der Waals surface area contributed by atoms with Gasteiger partial charge in [0.2, 0.25) is 7.37 Å². The summed E-state index contributed by atoms with van der Waals surface area (Å²) in [4.78, 5) is 18.3. The fourth-order valence-electron chi connectivity index (χ4n) is 2.76. The largest absolute Gasteiger partial charge is 0.367 e. The second kappa shape index (κ2) is 14.5. The summed E-state index contributed by atoms with van der Waals surface area (Å²) in [6.45, 7) is 12.1. The fraction of sp³-hybridized carbons (Fsp3) is 0.714. The van der Waals surface area contributed by atoms with Gasteiger partial charge in [0.05, 0.1) is 12.7 Å². The van der Waals surface area contributed by atoms with Crippen LogP contribution < -0.4 is 0 Å². The van der Waals surface area contributed by atoms with Crippen molar-refractivity contribution in [2.45, 2.75) is 79.8 Å². The van der Waals surface area contributed by atoms with Crippen LogP contribution in [-0.2, 0) is 18.4 Å². The minimum Gasteiger partial charge on any atom is -0.367 e. The van der Waals surface area contributed by atoms with E-state index in [1.807, 2.05) is 6.08 Å². The zero-order valence-corrected chi connectivity index (χ0v) is 20.7. The normalized spacial score (nSPS) is 15.5. The molecule has 0 spiro atoms. The van der Waals surface area contributed by atoms with Crippen LogP contribution in [0, 0.1) is 0 Å². The van der Waals surface area contributed by atoms with E-state index in [9.17, 15) is 9.13 Å². The monoisotopic (exact) mass is 450 g/mol. The molecule has 0 aromatic heterocycles. The third-order valence-electron chi connectivity index (χ3n) is 4.08. The Morgan fingerprint density at radius 2 is 1.62 bits per heavy atom.